The van der Waals surface area contributed by atoms with Crippen LogP contribution in [0.3, 0.4) is 0 Å². The fraction of sp³-hybridized carbons (Fsp3) is 0.231. The van der Waals surface area contributed by atoms with E-state index >= 15 is 0 Å². The number of aryl methyl sites for hydroxylation is 2. The van der Waals surface area contributed by atoms with Gasteiger partial charge in [-0.15, -0.1) is 10.2 Å². The fourth-order valence-electron chi connectivity index (χ4n) is 3.81. The Morgan fingerprint density at radius 2 is 1.92 bits per heavy atom. The molecule has 3 aromatic carbocycles. The lowest BCUT2D eigenvalue weighted by molar-refractivity contribution is -0.479. The molecule has 0 amide bonds. The van der Waals surface area contributed by atoms with E-state index < -0.39 is 5.25 Å². The summed E-state index contributed by atoms with van der Waals surface area (Å²) < 4.78 is 14.1. The number of nitrogens with zero attached hydrogens (tertiary/aromatic N) is 4. The molecule has 1 heterocycles. The zero-order valence-electron chi connectivity index (χ0n) is 20.7. The molecule has 0 aliphatic carbocycles. The zero-order chi connectivity index (χ0) is 27.4. The predicted molar refractivity (Wildman–Crippen MR) is 153 cm³/mol. The fourth-order valence-corrected chi connectivity index (χ4v) is 6.00. The minimum absolute atomic E-state index is 0.177. The number of ether oxygens (including phenoxy) is 2. The van der Waals surface area contributed by atoms with E-state index in [0.717, 1.165) is 16.8 Å². The lowest BCUT2D eigenvalue weighted by Crippen LogP contribution is -2.12. The second kappa shape index (κ2) is 12.4. The van der Waals surface area contributed by atoms with E-state index in [2.05, 4.69) is 26.1 Å². The largest absolute Gasteiger partial charge is 0.493 e. The van der Waals surface area contributed by atoms with Crippen LogP contribution in [0.25, 0.3) is 5.69 Å². The summed E-state index contributed by atoms with van der Waals surface area (Å²) in [5, 5.41) is 21.2. The quantitative estimate of drug-likeness (QED) is 0.100. The van der Waals surface area contributed by atoms with Gasteiger partial charge in [-0.1, -0.05) is 53.2 Å². The zero-order valence-corrected chi connectivity index (χ0v) is 24.6. The van der Waals surface area contributed by atoms with Gasteiger partial charge in [-0.25, -0.2) is 0 Å². The predicted octanol–water partition coefficient (Wildman–Crippen LogP) is 7.65. The third-order valence-corrected chi connectivity index (χ3v) is 7.99. The monoisotopic (exact) mass is 636 g/mol. The van der Waals surface area contributed by atoms with E-state index in [1.54, 1.807) is 30.3 Å². The molecule has 1 aromatic heterocycles. The summed E-state index contributed by atoms with van der Waals surface area (Å²) in [7, 11) is 1.51. The maximum Gasteiger partial charge on any atom is 0.220 e. The topological polar surface area (TPSA) is 92.3 Å². The van der Waals surface area contributed by atoms with Crippen LogP contribution >= 0.6 is 50.9 Å². The molecule has 4 aromatic rings. The highest BCUT2D eigenvalue weighted by atomic mass is 79.9. The molecular formula is C26H23BrCl2N4O4S. The van der Waals surface area contributed by atoms with Crippen LogP contribution in [0.5, 0.6) is 11.5 Å². The van der Waals surface area contributed by atoms with Crippen molar-refractivity contribution in [1.29, 1.82) is 0 Å². The summed E-state index contributed by atoms with van der Waals surface area (Å²) in [4.78, 5) is 11.3. The molecule has 1 atom stereocenters. The normalized spacial score (nSPS) is 11.8. The molecular weight excluding hydrogens is 615 g/mol. The SMILES string of the molecule is COc1cc([C@H](C[N+](=O)[O-])Sc2nnc(C)n2-c2cccc(C)c2)cc(Br)c1OCc1ccc(Cl)cc1Cl. The van der Waals surface area contributed by atoms with Gasteiger partial charge >= 0.3 is 0 Å². The standard InChI is InChI=1S/C26H23BrCl2N4O4S/c1-15-5-4-6-20(9-15)33-16(2)30-31-26(33)38-24(13-32(34)35)18-10-21(27)25(23(11-18)36-3)37-14-17-7-8-19(28)12-22(17)29/h4-12,24H,13-14H2,1-3H3/t24-/m0/s1. The summed E-state index contributed by atoms with van der Waals surface area (Å²) in [5.41, 5.74) is 3.39. The Labute approximate surface area is 242 Å². The Balaban J connectivity index is 1.66. The molecule has 38 heavy (non-hydrogen) atoms. The minimum atomic E-state index is -0.581. The molecule has 8 nitrogen and oxygen atoms in total. The molecule has 0 spiro atoms. The van der Waals surface area contributed by atoms with Crippen LogP contribution in [-0.2, 0) is 6.61 Å². The molecule has 12 heteroatoms. The van der Waals surface area contributed by atoms with E-state index in [4.69, 9.17) is 32.7 Å². The Hall–Kier alpha value is -2.79. The molecule has 0 unspecified atom stereocenters. The Kier molecular flexibility index (Phi) is 9.19. The highest BCUT2D eigenvalue weighted by Crippen LogP contribution is 2.43. The van der Waals surface area contributed by atoms with Crippen molar-refractivity contribution in [3.05, 3.63) is 102 Å². The van der Waals surface area contributed by atoms with Crippen molar-refractivity contribution in [3.8, 4) is 17.2 Å². The van der Waals surface area contributed by atoms with Crippen LogP contribution in [0, 0.1) is 24.0 Å². The molecule has 0 aliphatic rings. The van der Waals surface area contributed by atoms with E-state index in [9.17, 15) is 10.1 Å². The Bertz CT molecular complexity index is 1480. The van der Waals surface area contributed by atoms with Gasteiger partial charge in [0.1, 0.15) is 17.7 Å². The van der Waals surface area contributed by atoms with Crippen LogP contribution in [0.15, 0.2) is 64.2 Å². The van der Waals surface area contributed by atoms with E-state index in [0.29, 0.717) is 42.6 Å². The van der Waals surface area contributed by atoms with Gasteiger partial charge in [0.05, 0.1) is 11.6 Å². The number of thioether (sulfide) groups is 1. The molecule has 4 rings (SSSR count). The Morgan fingerprint density at radius 1 is 1.13 bits per heavy atom. The summed E-state index contributed by atoms with van der Waals surface area (Å²) in [6, 6.07) is 16.6. The van der Waals surface area contributed by atoms with Gasteiger partial charge in [0.15, 0.2) is 16.7 Å². The molecule has 198 valence electrons. The van der Waals surface area contributed by atoms with Crippen molar-refractivity contribution in [2.45, 2.75) is 30.9 Å². The summed E-state index contributed by atoms with van der Waals surface area (Å²) in [5.74, 6) is 1.55. The first-order valence-corrected chi connectivity index (χ1v) is 13.8. The molecule has 0 fully saturated rings. The maximum atomic E-state index is 11.7. The second-order valence-electron chi connectivity index (χ2n) is 8.38. The number of methoxy groups -OCH3 is 1. The van der Waals surface area contributed by atoms with Gasteiger partial charge in [-0.2, -0.15) is 0 Å². The number of benzene rings is 3. The molecule has 0 radical (unpaired) electrons. The third-order valence-electron chi connectivity index (χ3n) is 5.63. The first-order chi connectivity index (χ1) is 18.2. The van der Waals surface area contributed by atoms with E-state index in [1.165, 1.54) is 18.9 Å². The van der Waals surface area contributed by atoms with Crippen molar-refractivity contribution in [2.75, 3.05) is 13.7 Å². The lowest BCUT2D eigenvalue weighted by atomic mass is 10.1. The number of hydrogen-bond donors (Lipinski definition) is 0. The van der Waals surface area contributed by atoms with Gasteiger partial charge in [0, 0.05) is 26.2 Å². The summed E-state index contributed by atoms with van der Waals surface area (Å²) in [6.07, 6.45) is 0. The number of halogens is 3. The first kappa shape index (κ1) is 28.2. The average molecular weight is 638 g/mol. The summed E-state index contributed by atoms with van der Waals surface area (Å²) >= 11 is 17.1. The number of hydrogen-bond acceptors (Lipinski definition) is 7. The third kappa shape index (κ3) is 6.61. The van der Waals surface area contributed by atoms with E-state index in [1.807, 2.05) is 42.7 Å². The second-order valence-corrected chi connectivity index (χ2v) is 11.3. The Morgan fingerprint density at radius 3 is 2.61 bits per heavy atom. The van der Waals surface area contributed by atoms with Crippen LogP contribution < -0.4 is 9.47 Å². The highest BCUT2D eigenvalue weighted by Gasteiger charge is 2.26. The van der Waals surface area contributed by atoms with Crippen LogP contribution in [0.4, 0.5) is 0 Å². The van der Waals surface area contributed by atoms with Gasteiger partial charge in [0.2, 0.25) is 6.54 Å². The number of rotatable bonds is 10. The highest BCUT2D eigenvalue weighted by molar-refractivity contribution is 9.10. The van der Waals surface area contributed by atoms with Crippen LogP contribution in [-0.4, -0.2) is 33.3 Å². The van der Waals surface area contributed by atoms with Crippen molar-refractivity contribution >= 4 is 50.9 Å². The van der Waals surface area contributed by atoms with Crippen molar-refractivity contribution in [3.63, 3.8) is 0 Å². The lowest BCUT2D eigenvalue weighted by Gasteiger charge is -2.18. The van der Waals surface area contributed by atoms with Crippen LogP contribution in [0.2, 0.25) is 10.0 Å². The maximum absolute atomic E-state index is 11.7. The average Bonchev–Trinajstić information content (AvgIpc) is 3.22. The first-order valence-electron chi connectivity index (χ1n) is 11.4. The molecule has 0 N–H and O–H groups in total. The van der Waals surface area contributed by atoms with Gasteiger partial charge in [-0.05, 0) is 77.3 Å². The number of nitro groups is 1. The minimum Gasteiger partial charge on any atom is -0.493 e. The van der Waals surface area contributed by atoms with Gasteiger partial charge in [-0.3, -0.25) is 14.7 Å². The van der Waals surface area contributed by atoms with Gasteiger partial charge < -0.3 is 9.47 Å². The molecule has 0 saturated carbocycles. The molecule has 0 saturated heterocycles. The number of aromatic nitrogens is 3. The van der Waals surface area contributed by atoms with E-state index in [-0.39, 0.29) is 18.1 Å². The van der Waals surface area contributed by atoms with Crippen molar-refractivity contribution in [2.24, 2.45) is 0 Å². The smallest absolute Gasteiger partial charge is 0.220 e. The molecule has 0 aliphatic heterocycles. The molecule has 0 bridgehead atoms. The van der Waals surface area contributed by atoms with Crippen LogP contribution in [0.1, 0.15) is 27.8 Å². The van der Waals surface area contributed by atoms with Gasteiger partial charge in [0.25, 0.3) is 0 Å². The van der Waals surface area contributed by atoms with Crippen molar-refractivity contribution in [1.82, 2.24) is 14.8 Å². The summed E-state index contributed by atoms with van der Waals surface area (Å²) in [6.45, 7) is 3.69. The van der Waals surface area contributed by atoms with Crippen molar-refractivity contribution < 1.29 is 14.4 Å².